The van der Waals surface area contributed by atoms with Gasteiger partial charge in [-0.05, 0) is 49.3 Å². The summed E-state index contributed by atoms with van der Waals surface area (Å²) in [5.74, 6) is 1.12. The molecule has 2 aromatic carbocycles. The van der Waals surface area contributed by atoms with Gasteiger partial charge in [0.25, 0.3) is 0 Å². The minimum Gasteiger partial charge on any atom is -0.349 e. The molecule has 0 bridgehead atoms. The fourth-order valence-electron chi connectivity index (χ4n) is 3.80. The van der Waals surface area contributed by atoms with Crippen LogP contribution in [0.25, 0.3) is 11.4 Å². The molecule has 0 unspecified atom stereocenters. The Morgan fingerprint density at radius 1 is 1.10 bits per heavy atom. The fraction of sp³-hybridized carbons (Fsp3) is 0.348. The summed E-state index contributed by atoms with van der Waals surface area (Å²) < 4.78 is 1.93. The fourth-order valence-corrected chi connectivity index (χ4v) is 4.52. The van der Waals surface area contributed by atoms with Gasteiger partial charge in [-0.25, -0.2) is 0 Å². The van der Waals surface area contributed by atoms with E-state index in [1.165, 1.54) is 47.7 Å². The van der Waals surface area contributed by atoms with E-state index in [0.717, 1.165) is 23.0 Å². The highest BCUT2D eigenvalue weighted by molar-refractivity contribution is 7.99. The van der Waals surface area contributed by atoms with E-state index >= 15 is 0 Å². The molecule has 150 valence electrons. The Bertz CT molecular complexity index is 999. The van der Waals surface area contributed by atoms with Gasteiger partial charge in [0.1, 0.15) is 0 Å². The first kappa shape index (κ1) is 19.7. The Kier molecular flexibility index (Phi) is 6.00. The van der Waals surface area contributed by atoms with Crippen LogP contribution in [0.3, 0.4) is 0 Å². The number of aromatic nitrogens is 3. The third-order valence-electron chi connectivity index (χ3n) is 5.45. The maximum absolute atomic E-state index is 12.5. The minimum atomic E-state index is -0.00490. The lowest BCUT2D eigenvalue weighted by molar-refractivity contribution is -0.119. The molecule has 0 fully saturated rings. The lowest BCUT2D eigenvalue weighted by Crippen LogP contribution is -2.28. The highest BCUT2D eigenvalue weighted by atomic mass is 32.2. The molecule has 1 N–H and O–H groups in total. The summed E-state index contributed by atoms with van der Waals surface area (Å²) in [6, 6.07) is 16.6. The van der Waals surface area contributed by atoms with Crippen molar-refractivity contribution in [1.82, 2.24) is 20.1 Å². The average Bonchev–Trinajstić information content (AvgIpc) is 3.12. The van der Waals surface area contributed by atoms with Gasteiger partial charge in [0, 0.05) is 12.6 Å². The lowest BCUT2D eigenvalue weighted by Gasteiger charge is -2.20. The van der Waals surface area contributed by atoms with E-state index in [2.05, 4.69) is 33.7 Å². The SMILES string of the molecule is C[C@H](NC(=O)CSc1nnc(-c2ccccc2)n1C)c1ccc2c(c1)CCCC2. The van der Waals surface area contributed by atoms with Crippen molar-refractivity contribution in [3.63, 3.8) is 0 Å². The molecule has 1 aromatic heterocycles. The van der Waals surface area contributed by atoms with E-state index in [0.29, 0.717) is 5.75 Å². The molecule has 1 aliphatic rings. The third kappa shape index (κ3) is 4.53. The largest absolute Gasteiger partial charge is 0.349 e. The molecular formula is C23H26N4OS. The number of hydrogen-bond donors (Lipinski definition) is 1. The van der Waals surface area contributed by atoms with Crippen molar-refractivity contribution in [2.75, 3.05) is 5.75 Å². The van der Waals surface area contributed by atoms with E-state index in [-0.39, 0.29) is 11.9 Å². The summed E-state index contributed by atoms with van der Waals surface area (Å²) in [7, 11) is 1.93. The van der Waals surface area contributed by atoms with Crippen LogP contribution in [0.15, 0.2) is 53.7 Å². The summed E-state index contributed by atoms with van der Waals surface area (Å²) in [4.78, 5) is 12.5. The van der Waals surface area contributed by atoms with E-state index in [4.69, 9.17) is 0 Å². The van der Waals surface area contributed by atoms with Gasteiger partial charge in [-0.3, -0.25) is 4.79 Å². The van der Waals surface area contributed by atoms with Crippen molar-refractivity contribution < 1.29 is 4.79 Å². The predicted molar refractivity (Wildman–Crippen MR) is 117 cm³/mol. The number of benzene rings is 2. The number of rotatable bonds is 6. The predicted octanol–water partition coefficient (Wildman–Crippen LogP) is 4.33. The molecule has 0 saturated carbocycles. The highest BCUT2D eigenvalue weighted by Gasteiger charge is 2.16. The molecule has 1 aliphatic carbocycles. The first-order valence-electron chi connectivity index (χ1n) is 10.1. The molecule has 0 radical (unpaired) electrons. The normalized spacial score (nSPS) is 14.3. The molecule has 3 aromatic rings. The number of amides is 1. The molecule has 1 atom stereocenters. The maximum Gasteiger partial charge on any atom is 0.230 e. The highest BCUT2D eigenvalue weighted by Crippen LogP contribution is 2.25. The van der Waals surface area contributed by atoms with Crippen molar-refractivity contribution in [1.29, 1.82) is 0 Å². The Morgan fingerprint density at radius 3 is 2.66 bits per heavy atom. The zero-order valence-corrected chi connectivity index (χ0v) is 17.7. The van der Waals surface area contributed by atoms with Crippen LogP contribution >= 0.6 is 11.8 Å². The Morgan fingerprint density at radius 2 is 1.86 bits per heavy atom. The second-order valence-corrected chi connectivity index (χ2v) is 8.49. The topological polar surface area (TPSA) is 59.8 Å². The van der Waals surface area contributed by atoms with Crippen LogP contribution in [-0.4, -0.2) is 26.4 Å². The molecular weight excluding hydrogens is 380 g/mol. The van der Waals surface area contributed by atoms with Gasteiger partial charge in [-0.15, -0.1) is 10.2 Å². The van der Waals surface area contributed by atoms with Gasteiger partial charge in [0.05, 0.1) is 11.8 Å². The van der Waals surface area contributed by atoms with E-state index in [9.17, 15) is 4.79 Å². The molecule has 4 rings (SSSR count). The molecule has 1 amide bonds. The van der Waals surface area contributed by atoms with Crippen LogP contribution < -0.4 is 5.32 Å². The smallest absolute Gasteiger partial charge is 0.230 e. The minimum absolute atomic E-state index is 0.00415. The van der Waals surface area contributed by atoms with E-state index in [1.807, 2.05) is 48.9 Å². The molecule has 1 heterocycles. The van der Waals surface area contributed by atoms with Gasteiger partial charge in [0.2, 0.25) is 5.91 Å². The van der Waals surface area contributed by atoms with Gasteiger partial charge in [0.15, 0.2) is 11.0 Å². The average molecular weight is 407 g/mol. The number of aryl methyl sites for hydroxylation is 2. The summed E-state index contributed by atoms with van der Waals surface area (Å²) >= 11 is 1.41. The molecule has 6 heteroatoms. The number of thioether (sulfide) groups is 1. The van der Waals surface area contributed by atoms with Gasteiger partial charge >= 0.3 is 0 Å². The summed E-state index contributed by atoms with van der Waals surface area (Å²) in [6.07, 6.45) is 4.87. The van der Waals surface area contributed by atoms with Crippen LogP contribution in [0.2, 0.25) is 0 Å². The molecule has 0 aliphatic heterocycles. The van der Waals surface area contributed by atoms with Crippen LogP contribution in [0, 0.1) is 0 Å². The summed E-state index contributed by atoms with van der Waals surface area (Å²) in [6.45, 7) is 2.04. The molecule has 5 nitrogen and oxygen atoms in total. The van der Waals surface area contributed by atoms with Crippen molar-refractivity contribution in [2.45, 2.75) is 43.8 Å². The quantitative estimate of drug-likeness (QED) is 0.619. The Labute approximate surface area is 175 Å². The van der Waals surface area contributed by atoms with E-state index < -0.39 is 0 Å². The summed E-state index contributed by atoms with van der Waals surface area (Å²) in [5, 5.41) is 12.4. The monoisotopic (exact) mass is 406 g/mol. The zero-order valence-electron chi connectivity index (χ0n) is 16.9. The van der Waals surface area contributed by atoms with E-state index in [1.54, 1.807) is 0 Å². The first-order valence-corrected chi connectivity index (χ1v) is 11.1. The number of nitrogens with one attached hydrogen (secondary N) is 1. The van der Waals surface area contributed by atoms with Crippen molar-refractivity contribution in [3.8, 4) is 11.4 Å². The van der Waals surface area contributed by atoms with Crippen LogP contribution in [-0.2, 0) is 24.7 Å². The van der Waals surface area contributed by atoms with Gasteiger partial charge in [-0.1, -0.05) is 60.3 Å². The van der Waals surface area contributed by atoms with Gasteiger partial charge < -0.3 is 9.88 Å². The van der Waals surface area contributed by atoms with Crippen LogP contribution in [0.1, 0.15) is 42.5 Å². The maximum atomic E-state index is 12.5. The Balaban J connectivity index is 1.35. The number of nitrogens with zero attached hydrogens (tertiary/aromatic N) is 3. The van der Waals surface area contributed by atoms with Crippen LogP contribution in [0.4, 0.5) is 0 Å². The van der Waals surface area contributed by atoms with Gasteiger partial charge in [-0.2, -0.15) is 0 Å². The number of carbonyl (C=O) groups is 1. The standard InChI is InChI=1S/C23H26N4OS/c1-16(19-13-12-17-8-6-7-11-20(17)14-19)24-21(28)15-29-23-26-25-22(27(23)2)18-9-4-3-5-10-18/h3-5,9-10,12-14,16H,6-8,11,15H2,1-2H3,(H,24,28)/t16-/m0/s1. The molecule has 0 spiro atoms. The lowest BCUT2D eigenvalue weighted by atomic mass is 9.89. The van der Waals surface area contributed by atoms with Crippen molar-refractivity contribution in [2.24, 2.45) is 7.05 Å². The number of hydrogen-bond acceptors (Lipinski definition) is 4. The second-order valence-electron chi connectivity index (χ2n) is 7.54. The zero-order chi connectivity index (χ0) is 20.2. The van der Waals surface area contributed by atoms with Crippen molar-refractivity contribution >= 4 is 17.7 Å². The van der Waals surface area contributed by atoms with Crippen LogP contribution in [0.5, 0.6) is 0 Å². The molecule has 29 heavy (non-hydrogen) atoms. The third-order valence-corrected chi connectivity index (χ3v) is 6.47. The Hall–Kier alpha value is -2.60. The number of fused-ring (bicyclic) bond motifs is 1. The molecule has 0 saturated heterocycles. The second kappa shape index (κ2) is 8.82. The van der Waals surface area contributed by atoms with Crippen molar-refractivity contribution in [3.05, 3.63) is 65.2 Å². The number of carbonyl (C=O) groups excluding carboxylic acids is 1. The first-order chi connectivity index (χ1) is 14.1. The summed E-state index contributed by atoms with van der Waals surface area (Å²) in [5.41, 5.74) is 5.09.